The van der Waals surface area contributed by atoms with Crippen LogP contribution in [0.4, 0.5) is 11.5 Å². The van der Waals surface area contributed by atoms with Crippen molar-refractivity contribution in [3.63, 3.8) is 0 Å². The molecule has 0 amide bonds. The maximum Gasteiger partial charge on any atom is 0.150 e. The molecule has 114 valence electrons. The summed E-state index contributed by atoms with van der Waals surface area (Å²) in [6.45, 7) is 10.7. The van der Waals surface area contributed by atoms with Crippen LogP contribution >= 0.6 is 0 Å². The van der Waals surface area contributed by atoms with Gasteiger partial charge in [-0.1, -0.05) is 26.7 Å². The number of hydrogen-bond acceptors (Lipinski definition) is 3. The zero-order valence-electron chi connectivity index (χ0n) is 13.5. The molecule has 0 spiro atoms. The Morgan fingerprint density at radius 1 is 1.35 bits per heavy atom. The van der Waals surface area contributed by atoms with Gasteiger partial charge in [-0.3, -0.25) is 0 Å². The molecule has 1 heterocycles. The van der Waals surface area contributed by atoms with Gasteiger partial charge in [0, 0.05) is 19.1 Å². The van der Waals surface area contributed by atoms with Crippen LogP contribution in [0.15, 0.2) is 0 Å². The third-order valence-corrected chi connectivity index (χ3v) is 4.43. The predicted octanol–water partition coefficient (Wildman–Crippen LogP) is 3.59. The Morgan fingerprint density at radius 3 is 2.55 bits per heavy atom. The summed E-state index contributed by atoms with van der Waals surface area (Å²) in [5, 5.41) is 4.60. The summed E-state index contributed by atoms with van der Waals surface area (Å²) >= 11 is 0. The summed E-state index contributed by atoms with van der Waals surface area (Å²) in [4.78, 5) is 2.55. The van der Waals surface area contributed by atoms with Crippen LogP contribution in [0.1, 0.15) is 58.6 Å². The number of nitrogen functional groups attached to an aromatic ring is 1. The number of nitrogens with zero attached hydrogens (tertiary/aromatic N) is 3. The van der Waals surface area contributed by atoms with Crippen molar-refractivity contribution in [2.75, 3.05) is 17.2 Å². The summed E-state index contributed by atoms with van der Waals surface area (Å²) in [5.74, 6) is 1.89. The number of aromatic nitrogens is 2. The fourth-order valence-corrected chi connectivity index (χ4v) is 3.18. The monoisotopic (exact) mass is 278 g/mol. The summed E-state index contributed by atoms with van der Waals surface area (Å²) in [7, 11) is 0. The van der Waals surface area contributed by atoms with Crippen molar-refractivity contribution in [2.45, 2.75) is 72.4 Å². The van der Waals surface area contributed by atoms with Gasteiger partial charge in [0.1, 0.15) is 0 Å². The number of anilines is 2. The van der Waals surface area contributed by atoms with Crippen LogP contribution in [-0.4, -0.2) is 22.4 Å². The van der Waals surface area contributed by atoms with E-state index in [4.69, 9.17) is 5.73 Å². The van der Waals surface area contributed by atoms with E-state index in [-0.39, 0.29) is 0 Å². The Kier molecular flexibility index (Phi) is 4.95. The molecular formula is C16H30N4. The highest BCUT2D eigenvalue weighted by Gasteiger charge is 2.27. The molecule has 1 saturated carbocycles. The minimum atomic E-state index is 0.650. The Morgan fingerprint density at radius 2 is 2.00 bits per heavy atom. The first-order valence-electron chi connectivity index (χ1n) is 8.14. The molecule has 1 aliphatic carbocycles. The predicted molar refractivity (Wildman–Crippen MR) is 86.1 cm³/mol. The Bertz CT molecular complexity index is 430. The Labute approximate surface area is 123 Å². The van der Waals surface area contributed by atoms with Gasteiger partial charge in [-0.05, 0) is 39.0 Å². The van der Waals surface area contributed by atoms with E-state index >= 15 is 0 Å². The van der Waals surface area contributed by atoms with E-state index in [1.807, 2.05) is 6.92 Å². The molecule has 1 aromatic heterocycles. The first-order valence-corrected chi connectivity index (χ1v) is 8.14. The maximum absolute atomic E-state index is 6.33. The van der Waals surface area contributed by atoms with Gasteiger partial charge < -0.3 is 10.6 Å². The van der Waals surface area contributed by atoms with Crippen molar-refractivity contribution >= 4 is 11.5 Å². The van der Waals surface area contributed by atoms with E-state index in [2.05, 4.69) is 35.5 Å². The van der Waals surface area contributed by atoms with Gasteiger partial charge in [0.2, 0.25) is 0 Å². The maximum atomic E-state index is 6.33. The van der Waals surface area contributed by atoms with Crippen molar-refractivity contribution in [1.82, 2.24) is 9.78 Å². The third-order valence-electron chi connectivity index (χ3n) is 4.43. The number of aryl methyl sites for hydroxylation is 2. The fraction of sp³-hybridized carbons (Fsp3) is 0.812. The zero-order valence-corrected chi connectivity index (χ0v) is 13.5. The van der Waals surface area contributed by atoms with Gasteiger partial charge in [-0.25, -0.2) is 4.68 Å². The third kappa shape index (κ3) is 3.10. The van der Waals surface area contributed by atoms with Crippen molar-refractivity contribution in [3.05, 3.63) is 5.69 Å². The second kappa shape index (κ2) is 6.51. The Hall–Kier alpha value is -1.19. The lowest BCUT2D eigenvalue weighted by atomic mass is 10.1. The highest BCUT2D eigenvalue weighted by Crippen LogP contribution is 2.33. The van der Waals surface area contributed by atoms with Crippen LogP contribution < -0.4 is 10.6 Å². The Balaban J connectivity index is 2.29. The summed E-state index contributed by atoms with van der Waals surface area (Å²) in [6.07, 6.45) is 6.50. The van der Waals surface area contributed by atoms with Crippen LogP contribution in [0.3, 0.4) is 0 Å². The van der Waals surface area contributed by atoms with E-state index in [9.17, 15) is 0 Å². The minimum absolute atomic E-state index is 0.650. The lowest BCUT2D eigenvalue weighted by Gasteiger charge is -2.32. The van der Waals surface area contributed by atoms with Crippen molar-refractivity contribution in [1.29, 1.82) is 0 Å². The SMILES string of the molecule is CCn1nc(C)c(N)c1N(CCC(C)C)C1CCCC1. The summed E-state index contributed by atoms with van der Waals surface area (Å²) < 4.78 is 2.09. The van der Waals surface area contributed by atoms with Gasteiger partial charge in [-0.2, -0.15) is 5.10 Å². The molecule has 1 fully saturated rings. The molecule has 4 heteroatoms. The number of nitrogens with two attached hydrogens (primary N) is 1. The summed E-state index contributed by atoms with van der Waals surface area (Å²) in [5.41, 5.74) is 8.17. The first kappa shape index (κ1) is 15.2. The average molecular weight is 278 g/mol. The van der Waals surface area contributed by atoms with E-state index in [1.54, 1.807) is 0 Å². The molecule has 0 aromatic carbocycles. The molecule has 0 bridgehead atoms. The van der Waals surface area contributed by atoms with Gasteiger partial charge in [-0.15, -0.1) is 0 Å². The molecule has 1 aromatic rings. The van der Waals surface area contributed by atoms with Crippen LogP contribution in [0, 0.1) is 12.8 Å². The normalized spacial score (nSPS) is 16.2. The van der Waals surface area contributed by atoms with Crippen molar-refractivity contribution < 1.29 is 0 Å². The van der Waals surface area contributed by atoms with E-state index in [1.165, 1.54) is 32.1 Å². The largest absolute Gasteiger partial charge is 0.394 e. The molecule has 4 nitrogen and oxygen atoms in total. The first-order chi connectivity index (χ1) is 9.54. The lowest BCUT2D eigenvalue weighted by Crippen LogP contribution is -2.37. The molecule has 0 saturated heterocycles. The van der Waals surface area contributed by atoms with E-state index in [0.29, 0.717) is 6.04 Å². The van der Waals surface area contributed by atoms with Crippen molar-refractivity contribution in [2.24, 2.45) is 5.92 Å². The molecule has 0 atom stereocenters. The second-order valence-corrected chi connectivity index (χ2v) is 6.45. The molecule has 2 N–H and O–H groups in total. The molecule has 20 heavy (non-hydrogen) atoms. The van der Waals surface area contributed by atoms with Crippen LogP contribution in [-0.2, 0) is 6.54 Å². The lowest BCUT2D eigenvalue weighted by molar-refractivity contribution is 0.510. The molecule has 0 aliphatic heterocycles. The van der Waals surface area contributed by atoms with Crippen LogP contribution in [0.25, 0.3) is 0 Å². The molecule has 2 rings (SSSR count). The van der Waals surface area contributed by atoms with E-state index in [0.717, 1.165) is 36.2 Å². The number of rotatable bonds is 6. The quantitative estimate of drug-likeness (QED) is 0.865. The minimum Gasteiger partial charge on any atom is -0.394 e. The average Bonchev–Trinajstić information content (AvgIpc) is 3.02. The molecule has 1 aliphatic rings. The standard InChI is InChI=1S/C16H30N4/c1-5-20-16(15(17)13(4)18-20)19(11-10-12(2)3)14-8-6-7-9-14/h12,14H,5-11,17H2,1-4H3. The molecule has 0 unspecified atom stereocenters. The smallest absolute Gasteiger partial charge is 0.150 e. The van der Waals surface area contributed by atoms with E-state index < -0.39 is 0 Å². The molecular weight excluding hydrogens is 248 g/mol. The van der Waals surface area contributed by atoms with Crippen molar-refractivity contribution in [3.8, 4) is 0 Å². The van der Waals surface area contributed by atoms with Gasteiger partial charge in [0.05, 0.1) is 11.4 Å². The molecule has 0 radical (unpaired) electrons. The van der Waals surface area contributed by atoms with Crippen LogP contribution in [0.2, 0.25) is 0 Å². The fourth-order valence-electron chi connectivity index (χ4n) is 3.18. The van der Waals surface area contributed by atoms with Gasteiger partial charge >= 0.3 is 0 Å². The number of hydrogen-bond donors (Lipinski definition) is 1. The summed E-state index contributed by atoms with van der Waals surface area (Å²) in [6, 6.07) is 0.650. The zero-order chi connectivity index (χ0) is 14.7. The highest BCUT2D eigenvalue weighted by atomic mass is 15.4. The van der Waals surface area contributed by atoms with Gasteiger partial charge in [0.15, 0.2) is 5.82 Å². The van der Waals surface area contributed by atoms with Crippen LogP contribution in [0.5, 0.6) is 0 Å². The topological polar surface area (TPSA) is 47.1 Å². The second-order valence-electron chi connectivity index (χ2n) is 6.45. The highest BCUT2D eigenvalue weighted by molar-refractivity contribution is 5.66. The van der Waals surface area contributed by atoms with Gasteiger partial charge in [0.25, 0.3) is 0 Å².